The lowest BCUT2D eigenvalue weighted by Crippen LogP contribution is -2.27. The average molecular weight is 221 g/mol. The molecule has 2 atom stereocenters. The Morgan fingerprint density at radius 3 is 2.36 bits per heavy atom. The van der Waals surface area contributed by atoms with Crippen LogP contribution >= 0.6 is 34.8 Å². The van der Waals surface area contributed by atoms with Gasteiger partial charge in [0.05, 0.1) is 13.2 Å². The third-order valence-corrected chi connectivity index (χ3v) is 1.75. The van der Waals surface area contributed by atoms with Gasteiger partial charge in [-0.3, -0.25) is 0 Å². The lowest BCUT2D eigenvalue weighted by Gasteiger charge is -2.17. The monoisotopic (exact) mass is 220 g/mol. The minimum atomic E-state index is -1.58. The first-order valence-electron chi connectivity index (χ1n) is 2.98. The number of hydrogen-bond acceptors (Lipinski definition) is 3. The standard InChI is InChI=1S/C5H7Cl3O3/c6-5(7,8)4-10-2-3(1-9)11-4/h3-4,9H,1-2H2/t3-,4+/m0/s1. The maximum Gasteiger partial charge on any atom is 0.240 e. The van der Waals surface area contributed by atoms with E-state index in [1.54, 1.807) is 0 Å². The fraction of sp³-hybridized carbons (Fsp3) is 1.00. The van der Waals surface area contributed by atoms with Crippen molar-refractivity contribution in [1.82, 2.24) is 0 Å². The van der Waals surface area contributed by atoms with Crippen LogP contribution in [0.15, 0.2) is 0 Å². The first kappa shape index (κ1) is 9.84. The smallest absolute Gasteiger partial charge is 0.240 e. The molecule has 6 heteroatoms. The Labute approximate surface area is 79.1 Å². The van der Waals surface area contributed by atoms with Crippen LogP contribution in [0.1, 0.15) is 0 Å². The minimum absolute atomic E-state index is 0.128. The van der Waals surface area contributed by atoms with Gasteiger partial charge in [0.2, 0.25) is 10.1 Å². The summed E-state index contributed by atoms with van der Waals surface area (Å²) in [7, 11) is 0. The highest BCUT2D eigenvalue weighted by Crippen LogP contribution is 2.35. The molecule has 0 aromatic carbocycles. The number of ether oxygens (including phenoxy) is 2. The Bertz CT molecular complexity index is 135. The largest absolute Gasteiger partial charge is 0.394 e. The van der Waals surface area contributed by atoms with Crippen LogP contribution in [-0.4, -0.2) is 34.5 Å². The van der Waals surface area contributed by atoms with Gasteiger partial charge in [0.1, 0.15) is 6.10 Å². The molecular weight excluding hydrogens is 214 g/mol. The SMILES string of the molecule is OC[C@H]1CO[C@@H](C(Cl)(Cl)Cl)O1. The van der Waals surface area contributed by atoms with Crippen LogP contribution in [0.4, 0.5) is 0 Å². The normalized spacial score (nSPS) is 32.7. The van der Waals surface area contributed by atoms with Crippen molar-refractivity contribution < 1.29 is 14.6 Å². The summed E-state index contributed by atoms with van der Waals surface area (Å²) in [5, 5.41) is 8.62. The second-order valence-electron chi connectivity index (χ2n) is 2.15. The number of aliphatic hydroxyl groups is 1. The number of alkyl halides is 3. The summed E-state index contributed by atoms with van der Waals surface area (Å²) in [6.45, 7) is 0.131. The van der Waals surface area contributed by atoms with Gasteiger partial charge >= 0.3 is 0 Å². The lowest BCUT2D eigenvalue weighted by atomic mass is 10.4. The van der Waals surface area contributed by atoms with E-state index in [9.17, 15) is 0 Å². The molecule has 3 nitrogen and oxygen atoms in total. The molecular formula is C5H7Cl3O3. The first-order valence-corrected chi connectivity index (χ1v) is 4.12. The van der Waals surface area contributed by atoms with Crippen molar-refractivity contribution in [2.45, 2.75) is 16.2 Å². The van der Waals surface area contributed by atoms with Crippen LogP contribution in [0.3, 0.4) is 0 Å². The molecule has 1 aliphatic rings. The fourth-order valence-electron chi connectivity index (χ4n) is 0.715. The van der Waals surface area contributed by atoms with Crippen LogP contribution in [0.5, 0.6) is 0 Å². The summed E-state index contributed by atoms with van der Waals surface area (Å²) >= 11 is 16.4. The summed E-state index contributed by atoms with van der Waals surface area (Å²) < 4.78 is 8.37. The van der Waals surface area contributed by atoms with Crippen molar-refractivity contribution in [3.63, 3.8) is 0 Å². The van der Waals surface area contributed by atoms with Gasteiger partial charge in [0.15, 0.2) is 0 Å². The highest BCUT2D eigenvalue weighted by atomic mass is 35.6. The van der Waals surface area contributed by atoms with Gasteiger partial charge in [0.25, 0.3) is 0 Å². The second kappa shape index (κ2) is 3.64. The quantitative estimate of drug-likeness (QED) is 0.674. The van der Waals surface area contributed by atoms with Crippen LogP contribution in [0, 0.1) is 0 Å². The van der Waals surface area contributed by atoms with E-state index in [4.69, 9.17) is 49.4 Å². The van der Waals surface area contributed by atoms with Crippen molar-refractivity contribution in [3.05, 3.63) is 0 Å². The molecule has 1 N–H and O–H groups in total. The summed E-state index contributed by atoms with van der Waals surface area (Å²) in [6, 6.07) is 0. The van der Waals surface area contributed by atoms with Crippen molar-refractivity contribution in [3.8, 4) is 0 Å². The van der Waals surface area contributed by atoms with E-state index < -0.39 is 10.1 Å². The van der Waals surface area contributed by atoms with Crippen molar-refractivity contribution in [1.29, 1.82) is 0 Å². The minimum Gasteiger partial charge on any atom is -0.394 e. The van der Waals surface area contributed by atoms with E-state index in [2.05, 4.69) is 0 Å². The van der Waals surface area contributed by atoms with Gasteiger partial charge in [-0.15, -0.1) is 0 Å². The molecule has 0 aromatic rings. The summed E-state index contributed by atoms with van der Waals surface area (Å²) in [5.41, 5.74) is 0. The number of hydrogen-bond donors (Lipinski definition) is 1. The molecule has 0 radical (unpaired) electrons. The van der Waals surface area contributed by atoms with Gasteiger partial charge in [-0.1, -0.05) is 34.8 Å². The number of aliphatic hydroxyl groups excluding tert-OH is 1. The lowest BCUT2D eigenvalue weighted by molar-refractivity contribution is -0.0610. The molecule has 1 saturated heterocycles. The molecule has 0 amide bonds. The Kier molecular flexibility index (Phi) is 3.26. The fourth-order valence-corrected chi connectivity index (χ4v) is 1.06. The first-order chi connectivity index (χ1) is 5.04. The van der Waals surface area contributed by atoms with Crippen molar-refractivity contribution >= 4 is 34.8 Å². The van der Waals surface area contributed by atoms with Crippen molar-refractivity contribution in [2.75, 3.05) is 13.2 Å². The topological polar surface area (TPSA) is 38.7 Å². The molecule has 0 bridgehead atoms. The van der Waals surface area contributed by atoms with Crippen LogP contribution in [0.2, 0.25) is 0 Å². The number of rotatable bonds is 1. The van der Waals surface area contributed by atoms with Gasteiger partial charge in [-0.25, -0.2) is 0 Å². The predicted molar refractivity (Wildman–Crippen MR) is 42.0 cm³/mol. The predicted octanol–water partition coefficient (Wildman–Crippen LogP) is 1.09. The molecule has 0 aliphatic carbocycles. The Balaban J connectivity index is 2.42. The zero-order valence-electron chi connectivity index (χ0n) is 5.47. The third-order valence-electron chi connectivity index (χ3n) is 1.22. The van der Waals surface area contributed by atoms with E-state index in [1.807, 2.05) is 0 Å². The summed E-state index contributed by atoms with van der Waals surface area (Å²) in [4.78, 5) is 0. The zero-order chi connectivity index (χ0) is 8.48. The number of halogens is 3. The molecule has 0 unspecified atom stereocenters. The molecule has 1 fully saturated rings. The summed E-state index contributed by atoms with van der Waals surface area (Å²) in [6.07, 6.45) is -1.25. The van der Waals surface area contributed by atoms with E-state index in [1.165, 1.54) is 0 Å². The highest BCUT2D eigenvalue weighted by molar-refractivity contribution is 6.67. The van der Waals surface area contributed by atoms with Crippen molar-refractivity contribution in [2.24, 2.45) is 0 Å². The second-order valence-corrected chi connectivity index (χ2v) is 4.52. The highest BCUT2D eigenvalue weighted by Gasteiger charge is 2.40. The maximum atomic E-state index is 8.62. The van der Waals surface area contributed by atoms with Gasteiger partial charge < -0.3 is 14.6 Å². The Morgan fingerprint density at radius 1 is 1.45 bits per heavy atom. The molecule has 1 rings (SSSR count). The zero-order valence-corrected chi connectivity index (χ0v) is 7.73. The molecule has 0 saturated carbocycles. The van der Waals surface area contributed by atoms with Gasteiger partial charge in [0, 0.05) is 0 Å². The average Bonchev–Trinajstić information content (AvgIpc) is 2.32. The van der Waals surface area contributed by atoms with E-state index in [0.29, 0.717) is 0 Å². The van der Waals surface area contributed by atoms with E-state index in [0.717, 1.165) is 0 Å². The van der Waals surface area contributed by atoms with E-state index in [-0.39, 0.29) is 19.3 Å². The van der Waals surface area contributed by atoms with Crippen LogP contribution in [-0.2, 0) is 9.47 Å². The Morgan fingerprint density at radius 2 is 2.09 bits per heavy atom. The van der Waals surface area contributed by atoms with Crippen LogP contribution in [0.25, 0.3) is 0 Å². The Hall–Kier alpha value is 0.750. The maximum absolute atomic E-state index is 8.62. The summed E-state index contributed by atoms with van der Waals surface area (Å²) in [5.74, 6) is 0. The third kappa shape index (κ3) is 2.61. The molecule has 1 aliphatic heterocycles. The molecule has 0 spiro atoms. The van der Waals surface area contributed by atoms with Gasteiger partial charge in [-0.05, 0) is 0 Å². The van der Waals surface area contributed by atoms with Crippen LogP contribution < -0.4 is 0 Å². The van der Waals surface area contributed by atoms with E-state index >= 15 is 0 Å². The molecule has 11 heavy (non-hydrogen) atoms. The molecule has 0 aromatic heterocycles. The molecule has 1 heterocycles. The molecule has 66 valence electrons. The van der Waals surface area contributed by atoms with Gasteiger partial charge in [-0.2, -0.15) is 0 Å².